The number of hydrogen-bond donors (Lipinski definition) is 1. The average molecular weight is 409 g/mol. The molecule has 0 aliphatic carbocycles. The Labute approximate surface area is 169 Å². The number of rotatable bonds is 4. The number of non-ortho nitro benzene ring substituents is 1. The van der Waals surface area contributed by atoms with Crippen LogP contribution >= 0.6 is 11.6 Å². The number of aromatic nitrogens is 1. The van der Waals surface area contributed by atoms with Crippen molar-refractivity contribution in [3.8, 4) is 5.69 Å². The Hall–Kier alpha value is -3.91. The third-order valence-electron chi connectivity index (χ3n) is 4.36. The average Bonchev–Trinajstić information content (AvgIpc) is 3.26. The number of carbonyl (C=O) groups excluding carboxylic acids is 2. The molecule has 3 aromatic rings. The van der Waals surface area contributed by atoms with Crippen molar-refractivity contribution in [3.63, 3.8) is 0 Å². The van der Waals surface area contributed by atoms with Crippen LogP contribution in [0.25, 0.3) is 11.8 Å². The summed E-state index contributed by atoms with van der Waals surface area (Å²) in [5.74, 6) is -0.506. The van der Waals surface area contributed by atoms with Crippen LogP contribution in [-0.2, 0) is 4.79 Å². The minimum absolute atomic E-state index is 0.0174. The lowest BCUT2D eigenvalue weighted by atomic mass is 10.2. The molecule has 2 aromatic carbocycles. The Morgan fingerprint density at radius 2 is 1.76 bits per heavy atom. The van der Waals surface area contributed by atoms with Gasteiger partial charge in [0.15, 0.2) is 0 Å². The van der Waals surface area contributed by atoms with Gasteiger partial charge in [-0.1, -0.05) is 17.7 Å². The number of benzene rings is 2. The number of nitro benzene ring substituents is 1. The van der Waals surface area contributed by atoms with E-state index < -0.39 is 16.9 Å². The van der Waals surface area contributed by atoms with Crippen molar-refractivity contribution in [1.29, 1.82) is 0 Å². The molecular formula is C20H13ClN4O4. The minimum Gasteiger partial charge on any atom is -0.317 e. The molecule has 9 heteroatoms. The van der Waals surface area contributed by atoms with E-state index in [1.54, 1.807) is 59.3 Å². The number of amides is 3. The third-order valence-corrected chi connectivity index (χ3v) is 4.59. The second-order valence-corrected chi connectivity index (χ2v) is 6.62. The molecule has 0 saturated carbocycles. The Morgan fingerprint density at radius 3 is 2.45 bits per heavy atom. The number of hydrogen-bond acceptors (Lipinski definition) is 4. The van der Waals surface area contributed by atoms with E-state index in [2.05, 4.69) is 5.32 Å². The molecule has 2 heterocycles. The number of nitrogens with one attached hydrogen (secondary N) is 1. The van der Waals surface area contributed by atoms with Crippen molar-refractivity contribution in [2.75, 3.05) is 4.90 Å². The monoisotopic (exact) mass is 408 g/mol. The van der Waals surface area contributed by atoms with Gasteiger partial charge in [0.2, 0.25) is 0 Å². The summed E-state index contributed by atoms with van der Waals surface area (Å²) < 4.78 is 1.75. The fraction of sp³-hybridized carbons (Fsp3) is 0. The lowest BCUT2D eigenvalue weighted by molar-refractivity contribution is -0.384. The quantitative estimate of drug-likeness (QED) is 0.303. The van der Waals surface area contributed by atoms with E-state index in [1.165, 1.54) is 18.2 Å². The molecule has 8 nitrogen and oxygen atoms in total. The molecule has 29 heavy (non-hydrogen) atoms. The van der Waals surface area contributed by atoms with Crippen LogP contribution in [0.15, 0.2) is 72.6 Å². The molecule has 1 aromatic heterocycles. The van der Waals surface area contributed by atoms with Crippen molar-refractivity contribution in [3.05, 3.63) is 93.4 Å². The van der Waals surface area contributed by atoms with Crippen molar-refractivity contribution in [1.82, 2.24) is 9.88 Å². The zero-order chi connectivity index (χ0) is 20.5. The molecular weight excluding hydrogens is 396 g/mol. The van der Waals surface area contributed by atoms with E-state index in [-0.39, 0.29) is 11.4 Å². The van der Waals surface area contributed by atoms with Crippen LogP contribution in [0.1, 0.15) is 5.69 Å². The van der Waals surface area contributed by atoms with Gasteiger partial charge in [-0.2, -0.15) is 0 Å². The summed E-state index contributed by atoms with van der Waals surface area (Å²) in [4.78, 5) is 36.5. The molecule has 0 radical (unpaired) electrons. The van der Waals surface area contributed by atoms with Gasteiger partial charge >= 0.3 is 6.03 Å². The predicted octanol–water partition coefficient (Wildman–Crippen LogP) is 4.14. The fourth-order valence-corrected chi connectivity index (χ4v) is 3.20. The first-order valence-corrected chi connectivity index (χ1v) is 8.87. The highest BCUT2D eigenvalue weighted by Gasteiger charge is 2.35. The molecule has 1 N–H and O–H groups in total. The largest absolute Gasteiger partial charge is 0.333 e. The predicted molar refractivity (Wildman–Crippen MR) is 108 cm³/mol. The van der Waals surface area contributed by atoms with E-state index in [0.717, 1.165) is 4.90 Å². The van der Waals surface area contributed by atoms with Gasteiger partial charge in [-0.3, -0.25) is 14.9 Å². The van der Waals surface area contributed by atoms with Crippen LogP contribution in [0.3, 0.4) is 0 Å². The second kappa shape index (κ2) is 7.25. The summed E-state index contributed by atoms with van der Waals surface area (Å²) in [5.41, 5.74) is 1.76. The zero-order valence-corrected chi connectivity index (χ0v) is 15.5. The van der Waals surface area contributed by atoms with Crippen LogP contribution in [-0.4, -0.2) is 21.4 Å². The number of nitro groups is 1. The Kier molecular flexibility index (Phi) is 4.61. The van der Waals surface area contributed by atoms with Crippen LogP contribution < -0.4 is 10.2 Å². The van der Waals surface area contributed by atoms with Crippen molar-refractivity contribution >= 4 is 41.0 Å². The molecule has 144 valence electrons. The molecule has 1 aliphatic rings. The first-order chi connectivity index (χ1) is 13.9. The van der Waals surface area contributed by atoms with Gasteiger partial charge in [-0.25, -0.2) is 9.69 Å². The fourth-order valence-electron chi connectivity index (χ4n) is 3.01. The Bertz CT molecular complexity index is 1170. The minimum atomic E-state index is -0.572. The normalized spacial score (nSPS) is 15.1. The van der Waals surface area contributed by atoms with E-state index in [9.17, 15) is 19.7 Å². The SMILES string of the molecule is O=C1N/C(=C/c2cccn2-c2ccc([N+](=O)[O-])cc2)C(=O)N1c1cccc(Cl)c1. The number of nitrogens with zero attached hydrogens (tertiary/aromatic N) is 3. The lowest BCUT2D eigenvalue weighted by Gasteiger charge is -2.11. The molecule has 3 amide bonds. The van der Waals surface area contributed by atoms with E-state index in [0.29, 0.717) is 22.1 Å². The van der Waals surface area contributed by atoms with Crippen molar-refractivity contribution in [2.24, 2.45) is 0 Å². The van der Waals surface area contributed by atoms with E-state index >= 15 is 0 Å². The van der Waals surface area contributed by atoms with Crippen molar-refractivity contribution < 1.29 is 14.5 Å². The summed E-state index contributed by atoms with van der Waals surface area (Å²) in [5, 5.41) is 13.8. The zero-order valence-electron chi connectivity index (χ0n) is 14.8. The molecule has 1 fully saturated rings. The second-order valence-electron chi connectivity index (χ2n) is 6.19. The summed E-state index contributed by atoms with van der Waals surface area (Å²) >= 11 is 5.96. The maximum Gasteiger partial charge on any atom is 0.333 e. The van der Waals surface area contributed by atoms with Gasteiger partial charge in [0.05, 0.1) is 10.6 Å². The third kappa shape index (κ3) is 3.48. The number of anilines is 1. The highest BCUT2D eigenvalue weighted by atomic mass is 35.5. The molecule has 1 aliphatic heterocycles. The van der Waals surface area contributed by atoms with Crippen molar-refractivity contribution in [2.45, 2.75) is 0 Å². The number of imide groups is 1. The summed E-state index contributed by atoms with van der Waals surface area (Å²) in [6.07, 6.45) is 3.30. The Morgan fingerprint density at radius 1 is 1.00 bits per heavy atom. The van der Waals surface area contributed by atoms with E-state index in [1.807, 2.05) is 0 Å². The number of urea groups is 1. The van der Waals surface area contributed by atoms with Crippen LogP contribution in [0, 0.1) is 10.1 Å². The summed E-state index contributed by atoms with van der Waals surface area (Å²) in [6.45, 7) is 0. The molecule has 0 bridgehead atoms. The van der Waals surface area contributed by atoms with Gasteiger partial charge in [0, 0.05) is 34.7 Å². The molecule has 1 saturated heterocycles. The molecule has 0 atom stereocenters. The van der Waals surface area contributed by atoms with Crippen LogP contribution in [0.4, 0.5) is 16.2 Å². The highest BCUT2D eigenvalue weighted by molar-refractivity contribution is 6.32. The maximum atomic E-state index is 12.8. The standard InChI is InChI=1S/C20H13ClN4O4/c21-13-3-1-4-17(11-13)24-19(26)18(22-20(24)27)12-16-5-2-10-23(16)14-6-8-15(9-7-14)25(28)29/h1-12H,(H,22,27)/b18-12+. The van der Waals surface area contributed by atoms with Crippen LogP contribution in [0.5, 0.6) is 0 Å². The number of halogens is 1. The smallest absolute Gasteiger partial charge is 0.317 e. The lowest BCUT2D eigenvalue weighted by Crippen LogP contribution is -2.30. The summed E-state index contributed by atoms with van der Waals surface area (Å²) in [6, 6.07) is 15.4. The van der Waals surface area contributed by atoms with Gasteiger partial charge in [-0.15, -0.1) is 0 Å². The van der Waals surface area contributed by atoms with Gasteiger partial charge in [0.25, 0.3) is 11.6 Å². The highest BCUT2D eigenvalue weighted by Crippen LogP contribution is 2.25. The maximum absolute atomic E-state index is 12.8. The molecule has 0 spiro atoms. The molecule has 0 unspecified atom stereocenters. The summed E-state index contributed by atoms with van der Waals surface area (Å²) in [7, 11) is 0. The van der Waals surface area contributed by atoms with Crippen LogP contribution in [0.2, 0.25) is 5.02 Å². The Balaban J connectivity index is 1.66. The van der Waals surface area contributed by atoms with E-state index in [4.69, 9.17) is 11.6 Å². The first kappa shape index (κ1) is 18.5. The van der Waals surface area contributed by atoms with Gasteiger partial charge < -0.3 is 9.88 Å². The number of carbonyl (C=O) groups is 2. The first-order valence-electron chi connectivity index (χ1n) is 8.49. The topological polar surface area (TPSA) is 97.5 Å². The molecule has 4 rings (SSSR count). The van der Waals surface area contributed by atoms with Gasteiger partial charge in [-0.05, 0) is 48.5 Å². The van der Waals surface area contributed by atoms with Gasteiger partial charge in [0.1, 0.15) is 5.70 Å².